The molecule has 0 bridgehead atoms. The molecule has 96 valence electrons. The molecule has 0 N–H and O–H groups in total. The van der Waals surface area contributed by atoms with Gasteiger partial charge in [-0.2, -0.15) is 0 Å². The number of aryl methyl sites for hydroxylation is 2. The van der Waals surface area contributed by atoms with Crippen molar-refractivity contribution in [3.8, 4) is 5.82 Å². The summed E-state index contributed by atoms with van der Waals surface area (Å²) in [6, 6.07) is 7.52. The quantitative estimate of drug-likeness (QED) is 0.519. The molecule has 0 fully saturated rings. The number of imidazole rings is 2. The van der Waals surface area contributed by atoms with Crippen LogP contribution in [0.2, 0.25) is 0 Å². The molecule has 0 unspecified atom stereocenters. The van der Waals surface area contributed by atoms with Crippen LogP contribution in [0, 0.1) is 17.0 Å². The second kappa shape index (κ2) is 3.91. The third-order valence-electron chi connectivity index (χ3n) is 3.00. The van der Waals surface area contributed by atoms with Gasteiger partial charge in [-0.15, -0.1) is 0 Å². The number of fused-ring (bicyclic) bond motifs is 1. The zero-order chi connectivity index (χ0) is 13.6. The summed E-state index contributed by atoms with van der Waals surface area (Å²) in [4.78, 5) is 18.8. The lowest BCUT2D eigenvalue weighted by molar-refractivity contribution is -0.389. The fourth-order valence-corrected chi connectivity index (χ4v) is 2.21. The van der Waals surface area contributed by atoms with Crippen molar-refractivity contribution in [3.05, 3.63) is 46.5 Å². The molecule has 19 heavy (non-hydrogen) atoms. The van der Waals surface area contributed by atoms with E-state index in [4.69, 9.17) is 0 Å². The zero-order valence-corrected chi connectivity index (χ0v) is 10.4. The number of para-hydroxylation sites is 2. The van der Waals surface area contributed by atoms with Gasteiger partial charge in [0.1, 0.15) is 5.82 Å². The molecule has 0 saturated heterocycles. The van der Waals surface area contributed by atoms with E-state index in [1.807, 2.05) is 31.2 Å². The highest BCUT2D eigenvalue weighted by Gasteiger charge is 2.24. The monoisotopic (exact) mass is 257 g/mol. The Balaban J connectivity index is 2.39. The van der Waals surface area contributed by atoms with E-state index in [0.717, 1.165) is 11.0 Å². The first-order valence-corrected chi connectivity index (χ1v) is 5.69. The maximum absolute atomic E-state index is 11.1. The predicted molar refractivity (Wildman–Crippen MR) is 69.2 cm³/mol. The van der Waals surface area contributed by atoms with Gasteiger partial charge in [0.05, 0.1) is 11.0 Å². The lowest BCUT2D eigenvalue weighted by atomic mass is 10.3. The maximum Gasteiger partial charge on any atom is 0.407 e. The first-order chi connectivity index (χ1) is 9.09. The van der Waals surface area contributed by atoms with Gasteiger partial charge in [0, 0.05) is 7.05 Å². The van der Waals surface area contributed by atoms with Crippen LogP contribution in [0.15, 0.2) is 30.6 Å². The van der Waals surface area contributed by atoms with E-state index in [9.17, 15) is 10.1 Å². The molecule has 0 aliphatic heterocycles. The largest absolute Gasteiger partial charge is 0.407 e. The lowest BCUT2D eigenvalue weighted by Gasteiger charge is -2.06. The van der Waals surface area contributed by atoms with Crippen molar-refractivity contribution in [2.24, 2.45) is 7.05 Å². The summed E-state index contributed by atoms with van der Waals surface area (Å²) < 4.78 is 3.37. The second-order valence-electron chi connectivity index (χ2n) is 4.24. The molecule has 0 aliphatic carbocycles. The van der Waals surface area contributed by atoms with Crippen LogP contribution in [-0.2, 0) is 7.05 Å². The lowest BCUT2D eigenvalue weighted by Crippen LogP contribution is -2.06. The minimum Gasteiger partial charge on any atom is -0.358 e. The van der Waals surface area contributed by atoms with Crippen molar-refractivity contribution in [1.82, 2.24) is 19.1 Å². The van der Waals surface area contributed by atoms with Crippen molar-refractivity contribution in [1.29, 1.82) is 0 Å². The molecule has 3 rings (SSSR count). The van der Waals surface area contributed by atoms with Crippen LogP contribution >= 0.6 is 0 Å². The molecule has 1 aromatic carbocycles. The normalized spacial score (nSPS) is 11.1. The van der Waals surface area contributed by atoms with Crippen LogP contribution in [0.25, 0.3) is 16.9 Å². The number of benzene rings is 1. The molecule has 7 nitrogen and oxygen atoms in total. The SMILES string of the molecule is Cc1nc2ccccc2n1-c1c([N+](=O)[O-])ncn1C. The van der Waals surface area contributed by atoms with Crippen molar-refractivity contribution in [3.63, 3.8) is 0 Å². The molecular formula is C12H11N5O2. The van der Waals surface area contributed by atoms with E-state index in [1.54, 1.807) is 16.2 Å². The van der Waals surface area contributed by atoms with Gasteiger partial charge in [0.2, 0.25) is 12.1 Å². The Morgan fingerprint density at radius 3 is 2.79 bits per heavy atom. The number of nitrogens with zero attached hydrogens (tertiary/aromatic N) is 5. The summed E-state index contributed by atoms with van der Waals surface area (Å²) >= 11 is 0. The summed E-state index contributed by atoms with van der Waals surface area (Å²) in [5.41, 5.74) is 1.63. The van der Waals surface area contributed by atoms with Crippen molar-refractivity contribution in [2.45, 2.75) is 6.92 Å². The minimum absolute atomic E-state index is 0.172. The van der Waals surface area contributed by atoms with Gasteiger partial charge in [-0.3, -0.25) is 9.13 Å². The van der Waals surface area contributed by atoms with Gasteiger partial charge < -0.3 is 10.1 Å². The standard InChI is InChI=1S/C12H11N5O2/c1-8-14-9-5-3-4-6-10(9)16(8)12-11(17(18)19)13-7-15(12)2/h3-7H,1-2H3. The first-order valence-electron chi connectivity index (χ1n) is 5.69. The zero-order valence-electron chi connectivity index (χ0n) is 10.4. The number of aromatic nitrogens is 4. The van der Waals surface area contributed by atoms with Gasteiger partial charge in [0.15, 0.2) is 0 Å². The van der Waals surface area contributed by atoms with E-state index < -0.39 is 4.92 Å². The molecule has 0 atom stereocenters. The van der Waals surface area contributed by atoms with Crippen LogP contribution < -0.4 is 0 Å². The molecule has 2 aromatic heterocycles. The Morgan fingerprint density at radius 1 is 1.32 bits per heavy atom. The Labute approximate surface area is 108 Å². The van der Waals surface area contributed by atoms with Gasteiger partial charge in [-0.25, -0.2) is 4.98 Å². The topological polar surface area (TPSA) is 78.8 Å². The Morgan fingerprint density at radius 2 is 2.05 bits per heavy atom. The van der Waals surface area contributed by atoms with Crippen LogP contribution in [0.4, 0.5) is 5.82 Å². The molecule has 2 heterocycles. The highest BCUT2D eigenvalue weighted by atomic mass is 16.6. The minimum atomic E-state index is -0.483. The molecule has 0 saturated carbocycles. The molecule has 0 spiro atoms. The summed E-state index contributed by atoms with van der Waals surface area (Å²) in [6.45, 7) is 1.82. The first kappa shape index (κ1) is 11.4. The molecular weight excluding hydrogens is 246 g/mol. The summed E-state index contributed by atoms with van der Waals surface area (Å²) in [5, 5.41) is 11.1. The fourth-order valence-electron chi connectivity index (χ4n) is 2.21. The highest BCUT2D eigenvalue weighted by Crippen LogP contribution is 2.26. The van der Waals surface area contributed by atoms with E-state index in [1.165, 1.54) is 6.33 Å². The van der Waals surface area contributed by atoms with Gasteiger partial charge in [0.25, 0.3) is 0 Å². The summed E-state index contributed by atoms with van der Waals surface area (Å²) in [6.07, 6.45) is 1.43. The molecule has 0 amide bonds. The second-order valence-corrected chi connectivity index (χ2v) is 4.24. The van der Waals surface area contributed by atoms with Crippen LogP contribution in [-0.4, -0.2) is 24.0 Å². The summed E-state index contributed by atoms with van der Waals surface area (Å²) in [7, 11) is 1.73. The average molecular weight is 257 g/mol. The Bertz CT molecular complexity index is 787. The molecule has 0 radical (unpaired) electrons. The van der Waals surface area contributed by atoms with Crippen molar-refractivity contribution < 1.29 is 4.92 Å². The number of hydrogen-bond donors (Lipinski definition) is 0. The number of nitro groups is 1. The average Bonchev–Trinajstić information content (AvgIpc) is 2.88. The molecule has 0 aliphatic rings. The fraction of sp³-hybridized carbons (Fsp3) is 0.167. The Kier molecular flexibility index (Phi) is 2.34. The molecule has 3 aromatic rings. The van der Waals surface area contributed by atoms with Gasteiger partial charge in [-0.05, 0) is 29.0 Å². The third kappa shape index (κ3) is 1.59. The van der Waals surface area contributed by atoms with Crippen molar-refractivity contribution in [2.75, 3.05) is 0 Å². The van der Waals surface area contributed by atoms with E-state index in [0.29, 0.717) is 11.6 Å². The number of rotatable bonds is 2. The smallest absolute Gasteiger partial charge is 0.358 e. The van der Waals surface area contributed by atoms with Gasteiger partial charge >= 0.3 is 5.82 Å². The number of hydrogen-bond acceptors (Lipinski definition) is 4. The van der Waals surface area contributed by atoms with E-state index in [2.05, 4.69) is 9.97 Å². The predicted octanol–water partition coefficient (Wildman–Crippen LogP) is 1.98. The summed E-state index contributed by atoms with van der Waals surface area (Å²) in [5.74, 6) is 0.929. The van der Waals surface area contributed by atoms with E-state index >= 15 is 0 Å². The van der Waals surface area contributed by atoms with Crippen LogP contribution in [0.5, 0.6) is 0 Å². The van der Waals surface area contributed by atoms with E-state index in [-0.39, 0.29) is 5.82 Å². The van der Waals surface area contributed by atoms with Gasteiger partial charge in [-0.1, -0.05) is 12.1 Å². The Hall–Kier alpha value is -2.70. The third-order valence-corrected chi connectivity index (χ3v) is 3.00. The van der Waals surface area contributed by atoms with Crippen molar-refractivity contribution >= 4 is 16.9 Å². The van der Waals surface area contributed by atoms with Crippen LogP contribution in [0.3, 0.4) is 0 Å². The van der Waals surface area contributed by atoms with Crippen LogP contribution in [0.1, 0.15) is 5.82 Å². The highest BCUT2D eigenvalue weighted by molar-refractivity contribution is 5.78. The maximum atomic E-state index is 11.1. The molecule has 7 heteroatoms.